The largest absolute Gasteiger partial charge is 0.354 e. The topological polar surface area (TPSA) is 28.9 Å². The van der Waals surface area contributed by atoms with Crippen molar-refractivity contribution in [2.45, 2.75) is 0 Å². The van der Waals surface area contributed by atoms with Crippen molar-refractivity contribution in [1.29, 1.82) is 0 Å². The Balaban J connectivity index is 0.0000000900. The minimum absolute atomic E-state index is 0. The van der Waals surface area contributed by atoms with Crippen molar-refractivity contribution in [3.8, 4) is 0 Å². The molecule has 1 aromatic rings. The van der Waals surface area contributed by atoms with Gasteiger partial charge in [-0.15, -0.1) is 0 Å². The molecule has 1 heterocycles. The number of hydrogen-bond donors (Lipinski definition) is 1. The second-order valence-electron chi connectivity index (χ2n) is 0.306. The second-order valence-corrected chi connectivity index (χ2v) is 0.919. The molecule has 1 rings (SSSR count). The van der Waals surface area contributed by atoms with E-state index in [1.807, 2.05) is 0 Å². The summed E-state index contributed by atoms with van der Waals surface area (Å²) in [5.74, 6) is 0. The third kappa shape index (κ3) is 2.90. The van der Waals surface area contributed by atoms with Gasteiger partial charge in [-0.25, -0.2) is 0 Å². The first-order valence-corrected chi connectivity index (χ1v) is 1.57. The molecule has 1 unspecified atom stereocenters. The third-order valence-electron chi connectivity index (χ3n) is 0.102. The fraction of sp³-hybridized carbons (Fsp3) is 0. The Morgan fingerprint density at radius 3 is 2.00 bits per heavy atom. The van der Waals surface area contributed by atoms with Crippen LogP contribution >= 0.6 is 8.59 Å². The standard InChI is InChI=1S/H2NOP.Na.H/c1-2-3-1;;/h1,3H;;. The van der Waals surface area contributed by atoms with Crippen LogP contribution in [0.5, 0.6) is 0 Å². The molecule has 0 aliphatic carbocycles. The summed E-state index contributed by atoms with van der Waals surface area (Å²) in [5, 5.41) is 0. The van der Waals surface area contributed by atoms with E-state index in [2.05, 4.69) is 9.22 Å². The number of aromatic nitrogens is 1. The summed E-state index contributed by atoms with van der Waals surface area (Å²) >= 11 is 0. The van der Waals surface area contributed by atoms with E-state index in [1.165, 1.54) is 0 Å². The minimum Gasteiger partial charge on any atom is -0.354 e. The van der Waals surface area contributed by atoms with Crippen LogP contribution in [0.25, 0.3) is 0 Å². The van der Waals surface area contributed by atoms with Crippen molar-refractivity contribution in [2.24, 2.45) is 0 Å². The van der Waals surface area contributed by atoms with Crippen molar-refractivity contribution in [2.75, 3.05) is 0 Å². The molecule has 2 nitrogen and oxygen atoms in total. The monoisotopic (exact) mass is 87.0 g/mol. The number of H-pyrrole nitrogens is 1. The molecule has 0 aromatic carbocycles. The normalized spacial score (nSPS) is 8.00. The zero-order valence-corrected chi connectivity index (χ0v) is 2.41. The number of rotatable bonds is 0. The van der Waals surface area contributed by atoms with Crippen LogP contribution < -0.4 is 0 Å². The van der Waals surface area contributed by atoms with E-state index in [9.17, 15) is 0 Å². The zero-order valence-electron chi connectivity index (χ0n) is 1.41. The maximum atomic E-state index is 4.28. The fourth-order valence-corrected chi connectivity index (χ4v) is 0. The van der Waals surface area contributed by atoms with Crippen LogP contribution in [-0.2, 0) is 0 Å². The summed E-state index contributed by atoms with van der Waals surface area (Å²) in [6.07, 6.45) is 0. The summed E-state index contributed by atoms with van der Waals surface area (Å²) in [5.41, 5.74) is 0. The van der Waals surface area contributed by atoms with Crippen molar-refractivity contribution in [3.05, 3.63) is 0 Å². The molecule has 0 radical (unpaired) electrons. The quantitative estimate of drug-likeness (QED) is 0.443. The first-order valence-electron chi connectivity index (χ1n) is 0.658. The first-order chi connectivity index (χ1) is 1.50. The molecule has 4 heavy (non-hydrogen) atoms. The summed E-state index contributed by atoms with van der Waals surface area (Å²) in [6, 6.07) is 0. The minimum atomic E-state index is 0. The Hall–Kier alpha value is 0.900. The molecule has 0 saturated heterocycles. The van der Waals surface area contributed by atoms with Gasteiger partial charge in [-0.1, -0.05) is 0 Å². The number of aromatic amines is 1. The molecular formula is H3NNaOP. The molecule has 1 aromatic heterocycles. The van der Waals surface area contributed by atoms with E-state index in [1.54, 1.807) is 0 Å². The van der Waals surface area contributed by atoms with Gasteiger partial charge in [0, 0.05) is 0 Å². The van der Waals surface area contributed by atoms with E-state index < -0.39 is 0 Å². The molecule has 4 heteroatoms. The molecule has 0 aliphatic rings. The van der Waals surface area contributed by atoms with Crippen LogP contribution in [0.2, 0.25) is 0 Å². The SMILES string of the molecule is [NaH].[nH]1o[pH]1. The predicted molar refractivity (Wildman–Crippen MR) is 19.7 cm³/mol. The zero-order chi connectivity index (χ0) is 2.12. The molecule has 0 bridgehead atoms. The van der Waals surface area contributed by atoms with Gasteiger partial charge < -0.3 is 4.30 Å². The molecule has 0 spiro atoms. The number of hydrogen-bond acceptors (Lipinski definition) is 1. The Bertz CT molecular complexity index is 36.1. The molecule has 20 valence electrons. The van der Waals surface area contributed by atoms with Gasteiger partial charge in [0.2, 0.25) is 0 Å². The van der Waals surface area contributed by atoms with Crippen molar-refractivity contribution < 1.29 is 4.30 Å². The van der Waals surface area contributed by atoms with Gasteiger partial charge in [0.05, 0.1) is 0 Å². The Morgan fingerprint density at radius 2 is 2.00 bits per heavy atom. The van der Waals surface area contributed by atoms with Crippen molar-refractivity contribution >= 4 is 38.1 Å². The number of nitrogens with one attached hydrogen (secondary N) is 1. The van der Waals surface area contributed by atoms with Gasteiger partial charge in [0.15, 0.2) is 8.59 Å². The first kappa shape index (κ1) is 4.90. The fourth-order valence-electron chi connectivity index (χ4n) is 0. The van der Waals surface area contributed by atoms with Crippen LogP contribution in [0.15, 0.2) is 4.30 Å². The third-order valence-corrected chi connectivity index (χ3v) is 0.306. The Labute approximate surface area is 47.4 Å². The van der Waals surface area contributed by atoms with E-state index in [0.29, 0.717) is 8.59 Å². The summed E-state index contributed by atoms with van der Waals surface area (Å²) in [7, 11) is 0.583. The van der Waals surface area contributed by atoms with E-state index in [0.717, 1.165) is 0 Å². The molecular weight excluding hydrogens is 84.0 g/mol. The molecule has 0 fully saturated rings. The van der Waals surface area contributed by atoms with Crippen LogP contribution in [0.4, 0.5) is 0 Å². The molecule has 0 amide bonds. The van der Waals surface area contributed by atoms with Gasteiger partial charge in [-0.3, -0.25) is 0 Å². The van der Waals surface area contributed by atoms with Gasteiger partial charge in [0.1, 0.15) is 0 Å². The molecule has 1 atom stereocenters. The summed E-state index contributed by atoms with van der Waals surface area (Å²) < 4.78 is 4.28. The van der Waals surface area contributed by atoms with Crippen LogP contribution in [-0.4, -0.2) is 34.5 Å². The van der Waals surface area contributed by atoms with E-state index >= 15 is 0 Å². The average molecular weight is 87.0 g/mol. The Kier molecular flexibility index (Phi) is 2.64. The Morgan fingerprint density at radius 1 is 1.75 bits per heavy atom. The van der Waals surface area contributed by atoms with Gasteiger partial charge >= 0.3 is 29.6 Å². The van der Waals surface area contributed by atoms with Gasteiger partial charge in [-0.05, 0) is 0 Å². The van der Waals surface area contributed by atoms with Crippen molar-refractivity contribution in [1.82, 2.24) is 4.92 Å². The molecule has 1 N–H and O–H groups in total. The predicted octanol–water partition coefficient (Wildman–Crippen LogP) is -0.00950. The van der Waals surface area contributed by atoms with Crippen LogP contribution in [0, 0.1) is 0 Å². The maximum Gasteiger partial charge on any atom is 0.162 e. The maximum absolute atomic E-state index is 4.28. The molecule has 0 aliphatic heterocycles. The van der Waals surface area contributed by atoms with Crippen LogP contribution in [0.3, 0.4) is 0 Å². The smallest absolute Gasteiger partial charge is 0.162 e. The van der Waals surface area contributed by atoms with E-state index in [-0.39, 0.29) is 29.6 Å². The van der Waals surface area contributed by atoms with E-state index in [4.69, 9.17) is 0 Å². The summed E-state index contributed by atoms with van der Waals surface area (Å²) in [6.45, 7) is 0. The average Bonchev–Trinajstić information content (AvgIpc) is 1.46. The van der Waals surface area contributed by atoms with Gasteiger partial charge in [-0.2, -0.15) is 4.92 Å². The van der Waals surface area contributed by atoms with Crippen LogP contribution in [0.1, 0.15) is 0 Å². The van der Waals surface area contributed by atoms with Crippen molar-refractivity contribution in [3.63, 3.8) is 0 Å². The second kappa shape index (κ2) is 2.16. The summed E-state index contributed by atoms with van der Waals surface area (Å²) in [4.78, 5) is 2.53. The van der Waals surface area contributed by atoms with Gasteiger partial charge in [0.25, 0.3) is 0 Å². The molecule has 0 saturated carbocycles.